The van der Waals surface area contributed by atoms with Crippen LogP contribution in [0.15, 0.2) is 23.1 Å². The molecule has 14 heavy (non-hydrogen) atoms. The summed E-state index contributed by atoms with van der Waals surface area (Å²) in [5.74, 6) is 1.14. The average molecular weight is 254 g/mol. The lowest BCUT2D eigenvalue weighted by molar-refractivity contribution is 0.779. The summed E-state index contributed by atoms with van der Waals surface area (Å²) in [4.78, 5) is 8.26. The zero-order valence-corrected chi connectivity index (χ0v) is 9.06. The van der Waals surface area contributed by atoms with Crippen LogP contribution in [0.4, 0.5) is 5.82 Å². The van der Waals surface area contributed by atoms with Crippen molar-refractivity contribution in [1.29, 1.82) is 0 Å². The van der Waals surface area contributed by atoms with Crippen molar-refractivity contribution < 1.29 is 0 Å². The SMILES string of the molecule is Cn1ncc(-c2ncc(Br)cn2)c1N. The van der Waals surface area contributed by atoms with E-state index >= 15 is 0 Å². The molecule has 6 heteroatoms. The number of nitrogens with two attached hydrogens (primary N) is 1. The Morgan fingerprint density at radius 2 is 1.93 bits per heavy atom. The van der Waals surface area contributed by atoms with Gasteiger partial charge < -0.3 is 5.73 Å². The highest BCUT2D eigenvalue weighted by Gasteiger charge is 2.09. The molecule has 0 aromatic carbocycles. The summed E-state index contributed by atoms with van der Waals surface area (Å²) in [6.45, 7) is 0. The predicted octanol–water partition coefficient (Wildman–Crippen LogP) is 1.22. The Morgan fingerprint density at radius 1 is 1.29 bits per heavy atom. The highest BCUT2D eigenvalue weighted by molar-refractivity contribution is 9.10. The van der Waals surface area contributed by atoms with E-state index in [4.69, 9.17) is 5.73 Å². The molecule has 0 spiro atoms. The molecule has 0 fully saturated rings. The number of anilines is 1. The maximum absolute atomic E-state index is 5.78. The predicted molar refractivity (Wildman–Crippen MR) is 56.3 cm³/mol. The van der Waals surface area contributed by atoms with Crippen LogP contribution in [-0.2, 0) is 7.05 Å². The molecule has 5 nitrogen and oxygen atoms in total. The average Bonchev–Trinajstić information content (AvgIpc) is 2.50. The van der Waals surface area contributed by atoms with Crippen molar-refractivity contribution in [3.05, 3.63) is 23.1 Å². The van der Waals surface area contributed by atoms with Crippen LogP contribution in [0.25, 0.3) is 11.4 Å². The summed E-state index contributed by atoms with van der Waals surface area (Å²) in [5.41, 5.74) is 6.53. The lowest BCUT2D eigenvalue weighted by Gasteiger charge is -1.98. The minimum atomic E-state index is 0.562. The summed E-state index contributed by atoms with van der Waals surface area (Å²) in [6.07, 6.45) is 5.00. The molecule has 2 rings (SSSR count). The third kappa shape index (κ3) is 1.48. The Hall–Kier alpha value is -1.43. The lowest BCUT2D eigenvalue weighted by Crippen LogP contribution is -1.99. The molecular weight excluding hydrogens is 246 g/mol. The summed E-state index contributed by atoms with van der Waals surface area (Å²) < 4.78 is 2.42. The van der Waals surface area contributed by atoms with E-state index in [-0.39, 0.29) is 0 Å². The van der Waals surface area contributed by atoms with E-state index in [0.29, 0.717) is 11.6 Å². The third-order valence-corrected chi connectivity index (χ3v) is 2.26. The molecule has 0 aliphatic heterocycles. The Labute approximate surface area is 89.1 Å². The molecule has 0 unspecified atom stereocenters. The molecule has 0 saturated heterocycles. The van der Waals surface area contributed by atoms with Crippen molar-refractivity contribution in [2.24, 2.45) is 7.05 Å². The standard InChI is InChI=1S/C8H8BrN5/c1-14-7(10)6(4-13-14)8-11-2-5(9)3-12-8/h2-4H,10H2,1H3. The van der Waals surface area contributed by atoms with Crippen molar-refractivity contribution in [3.8, 4) is 11.4 Å². The van der Waals surface area contributed by atoms with Gasteiger partial charge in [0.25, 0.3) is 0 Å². The van der Waals surface area contributed by atoms with Crippen LogP contribution in [0.2, 0.25) is 0 Å². The van der Waals surface area contributed by atoms with Gasteiger partial charge in [-0.25, -0.2) is 9.97 Å². The van der Waals surface area contributed by atoms with Crippen molar-refractivity contribution >= 4 is 21.7 Å². The number of rotatable bonds is 1. The number of halogens is 1. The van der Waals surface area contributed by atoms with Gasteiger partial charge in [-0.2, -0.15) is 5.10 Å². The smallest absolute Gasteiger partial charge is 0.164 e. The highest BCUT2D eigenvalue weighted by Crippen LogP contribution is 2.21. The first kappa shape index (κ1) is 9.14. The molecule has 0 radical (unpaired) electrons. The van der Waals surface area contributed by atoms with Crippen LogP contribution < -0.4 is 5.73 Å². The molecule has 0 aliphatic carbocycles. The second kappa shape index (κ2) is 3.38. The molecule has 2 aromatic heterocycles. The molecule has 0 atom stereocenters. The molecular formula is C8H8BrN5. The van der Waals surface area contributed by atoms with Gasteiger partial charge in [0, 0.05) is 19.4 Å². The monoisotopic (exact) mass is 253 g/mol. The van der Waals surface area contributed by atoms with Gasteiger partial charge in [-0.1, -0.05) is 0 Å². The van der Waals surface area contributed by atoms with E-state index in [2.05, 4.69) is 31.0 Å². The van der Waals surface area contributed by atoms with Crippen molar-refractivity contribution in [2.45, 2.75) is 0 Å². The molecule has 0 aliphatic rings. The van der Waals surface area contributed by atoms with Gasteiger partial charge in [0.15, 0.2) is 5.82 Å². The fourth-order valence-electron chi connectivity index (χ4n) is 1.07. The largest absolute Gasteiger partial charge is 0.383 e. The van der Waals surface area contributed by atoms with Gasteiger partial charge in [-0.3, -0.25) is 4.68 Å². The number of nitrogens with zero attached hydrogens (tertiary/aromatic N) is 4. The third-order valence-electron chi connectivity index (χ3n) is 1.85. The maximum atomic E-state index is 5.78. The van der Waals surface area contributed by atoms with Crippen LogP contribution in [-0.4, -0.2) is 19.7 Å². The number of nitrogen functional groups attached to an aromatic ring is 1. The van der Waals surface area contributed by atoms with E-state index in [0.717, 1.165) is 10.0 Å². The second-order valence-electron chi connectivity index (χ2n) is 2.79. The fraction of sp³-hybridized carbons (Fsp3) is 0.125. The zero-order chi connectivity index (χ0) is 10.1. The van der Waals surface area contributed by atoms with E-state index in [1.807, 2.05) is 0 Å². The number of aromatic nitrogens is 4. The molecule has 2 N–H and O–H groups in total. The van der Waals surface area contributed by atoms with Crippen LogP contribution in [0.5, 0.6) is 0 Å². The number of hydrogen-bond donors (Lipinski definition) is 1. The topological polar surface area (TPSA) is 69.6 Å². The van der Waals surface area contributed by atoms with Gasteiger partial charge in [0.1, 0.15) is 5.82 Å². The minimum Gasteiger partial charge on any atom is -0.383 e. The Morgan fingerprint density at radius 3 is 2.43 bits per heavy atom. The summed E-state index contributed by atoms with van der Waals surface area (Å²) in [6, 6.07) is 0. The van der Waals surface area contributed by atoms with Gasteiger partial charge in [-0.15, -0.1) is 0 Å². The van der Waals surface area contributed by atoms with Crippen LogP contribution >= 0.6 is 15.9 Å². The van der Waals surface area contributed by atoms with E-state index in [1.54, 1.807) is 30.3 Å². The number of hydrogen-bond acceptors (Lipinski definition) is 4. The van der Waals surface area contributed by atoms with Gasteiger partial charge >= 0.3 is 0 Å². The van der Waals surface area contributed by atoms with Crippen LogP contribution in [0, 0.1) is 0 Å². The minimum absolute atomic E-state index is 0.562. The van der Waals surface area contributed by atoms with E-state index < -0.39 is 0 Å². The van der Waals surface area contributed by atoms with Crippen molar-refractivity contribution in [1.82, 2.24) is 19.7 Å². The normalized spacial score (nSPS) is 10.4. The van der Waals surface area contributed by atoms with Gasteiger partial charge in [-0.05, 0) is 15.9 Å². The molecule has 2 aromatic rings. The quantitative estimate of drug-likeness (QED) is 0.830. The summed E-state index contributed by atoms with van der Waals surface area (Å²) in [7, 11) is 1.78. The fourth-order valence-corrected chi connectivity index (χ4v) is 1.28. The van der Waals surface area contributed by atoms with Crippen LogP contribution in [0.1, 0.15) is 0 Å². The Kier molecular flexibility index (Phi) is 2.20. The lowest BCUT2D eigenvalue weighted by atomic mass is 10.3. The van der Waals surface area contributed by atoms with Gasteiger partial charge in [0.05, 0.1) is 16.2 Å². The second-order valence-corrected chi connectivity index (χ2v) is 3.71. The van der Waals surface area contributed by atoms with E-state index in [9.17, 15) is 0 Å². The van der Waals surface area contributed by atoms with E-state index in [1.165, 1.54) is 0 Å². The maximum Gasteiger partial charge on any atom is 0.164 e. The summed E-state index contributed by atoms with van der Waals surface area (Å²) >= 11 is 3.26. The van der Waals surface area contributed by atoms with Crippen LogP contribution in [0.3, 0.4) is 0 Å². The zero-order valence-electron chi connectivity index (χ0n) is 7.48. The summed E-state index contributed by atoms with van der Waals surface area (Å²) in [5, 5.41) is 4.01. The highest BCUT2D eigenvalue weighted by atomic mass is 79.9. The molecule has 0 saturated carbocycles. The molecule has 2 heterocycles. The molecule has 0 amide bonds. The Bertz CT molecular complexity index is 447. The van der Waals surface area contributed by atoms with Gasteiger partial charge in [0.2, 0.25) is 0 Å². The first-order chi connectivity index (χ1) is 6.68. The molecule has 72 valence electrons. The van der Waals surface area contributed by atoms with Crippen molar-refractivity contribution in [2.75, 3.05) is 5.73 Å². The first-order valence-electron chi connectivity index (χ1n) is 3.94. The Balaban J connectivity index is 2.49. The number of aryl methyl sites for hydroxylation is 1. The van der Waals surface area contributed by atoms with Crippen molar-refractivity contribution in [3.63, 3.8) is 0 Å². The first-order valence-corrected chi connectivity index (χ1v) is 4.73. The molecule has 0 bridgehead atoms.